The standard InChI is InChI=1S/C14H21NO3/c1-10(16)9-11-7-5-6-8-12(11)15-13(17)18-14(2,3)4/h5-8,10,16H,9H2,1-4H3,(H,15,17)/t10-/m0/s1. The highest BCUT2D eigenvalue weighted by Gasteiger charge is 2.17. The van der Waals surface area contributed by atoms with Crippen LogP contribution in [0.2, 0.25) is 0 Å². The molecular formula is C14H21NO3. The van der Waals surface area contributed by atoms with Gasteiger partial charge in [0, 0.05) is 12.1 Å². The summed E-state index contributed by atoms with van der Waals surface area (Å²) >= 11 is 0. The Morgan fingerprint density at radius 3 is 2.56 bits per heavy atom. The van der Waals surface area contributed by atoms with Crippen LogP contribution in [-0.2, 0) is 11.2 Å². The number of amides is 1. The summed E-state index contributed by atoms with van der Waals surface area (Å²) in [4.78, 5) is 11.7. The van der Waals surface area contributed by atoms with Gasteiger partial charge in [-0.25, -0.2) is 4.79 Å². The summed E-state index contributed by atoms with van der Waals surface area (Å²) in [6.07, 6.45) is -0.446. The van der Waals surface area contributed by atoms with Gasteiger partial charge in [-0.1, -0.05) is 18.2 Å². The summed E-state index contributed by atoms with van der Waals surface area (Å²) in [6, 6.07) is 7.37. The number of nitrogens with one attached hydrogen (secondary N) is 1. The van der Waals surface area contributed by atoms with Gasteiger partial charge in [0.2, 0.25) is 0 Å². The molecule has 4 heteroatoms. The maximum atomic E-state index is 11.7. The van der Waals surface area contributed by atoms with E-state index in [2.05, 4.69) is 5.32 Å². The molecule has 2 N–H and O–H groups in total. The number of anilines is 1. The van der Waals surface area contributed by atoms with Crippen LogP contribution in [0.15, 0.2) is 24.3 Å². The fourth-order valence-electron chi connectivity index (χ4n) is 1.55. The van der Waals surface area contributed by atoms with Crippen LogP contribution in [0.25, 0.3) is 0 Å². The van der Waals surface area contributed by atoms with Gasteiger partial charge >= 0.3 is 6.09 Å². The maximum Gasteiger partial charge on any atom is 0.412 e. The summed E-state index contributed by atoms with van der Waals surface area (Å²) in [6.45, 7) is 7.15. The van der Waals surface area contributed by atoms with Crippen LogP contribution in [-0.4, -0.2) is 22.9 Å². The topological polar surface area (TPSA) is 58.6 Å². The molecule has 0 heterocycles. The molecule has 1 atom stereocenters. The molecule has 1 amide bonds. The van der Waals surface area contributed by atoms with E-state index >= 15 is 0 Å². The van der Waals surface area contributed by atoms with Gasteiger partial charge in [-0.3, -0.25) is 5.32 Å². The van der Waals surface area contributed by atoms with Crippen molar-refractivity contribution in [3.8, 4) is 0 Å². The van der Waals surface area contributed by atoms with Gasteiger partial charge in [-0.15, -0.1) is 0 Å². The zero-order valence-corrected chi connectivity index (χ0v) is 11.4. The molecule has 1 aromatic carbocycles. The number of para-hydroxylation sites is 1. The third-order valence-electron chi connectivity index (χ3n) is 2.17. The van der Waals surface area contributed by atoms with E-state index in [1.807, 2.05) is 39.0 Å². The Kier molecular flexibility index (Phi) is 4.73. The molecular weight excluding hydrogens is 230 g/mol. The minimum absolute atomic E-state index is 0.452. The number of hydrogen-bond acceptors (Lipinski definition) is 3. The Labute approximate surface area is 108 Å². The van der Waals surface area contributed by atoms with E-state index in [0.29, 0.717) is 12.1 Å². The van der Waals surface area contributed by atoms with Crippen molar-refractivity contribution in [2.24, 2.45) is 0 Å². The molecule has 100 valence electrons. The highest BCUT2D eigenvalue weighted by atomic mass is 16.6. The molecule has 0 saturated heterocycles. The average molecular weight is 251 g/mol. The molecule has 0 aliphatic rings. The van der Waals surface area contributed by atoms with Crippen LogP contribution >= 0.6 is 0 Å². The van der Waals surface area contributed by atoms with Crippen LogP contribution in [0.3, 0.4) is 0 Å². The lowest BCUT2D eigenvalue weighted by atomic mass is 10.1. The molecule has 1 rings (SSSR count). The van der Waals surface area contributed by atoms with Crippen molar-refractivity contribution in [3.05, 3.63) is 29.8 Å². The van der Waals surface area contributed by atoms with Crippen molar-refractivity contribution < 1.29 is 14.6 Å². The minimum atomic E-state index is -0.525. The van der Waals surface area contributed by atoms with Gasteiger partial charge in [0.25, 0.3) is 0 Å². The van der Waals surface area contributed by atoms with Gasteiger partial charge in [0.05, 0.1) is 6.10 Å². The SMILES string of the molecule is C[C@H](O)Cc1ccccc1NC(=O)OC(C)(C)C. The second-order valence-corrected chi connectivity index (χ2v) is 5.34. The number of aliphatic hydroxyl groups is 1. The molecule has 0 aromatic heterocycles. The van der Waals surface area contributed by atoms with Gasteiger partial charge in [-0.05, 0) is 39.3 Å². The highest BCUT2D eigenvalue weighted by molar-refractivity contribution is 5.85. The zero-order valence-electron chi connectivity index (χ0n) is 11.4. The Morgan fingerprint density at radius 2 is 2.00 bits per heavy atom. The number of benzene rings is 1. The molecule has 0 radical (unpaired) electrons. The van der Waals surface area contributed by atoms with Crippen LogP contribution in [0, 0.1) is 0 Å². The fraction of sp³-hybridized carbons (Fsp3) is 0.500. The minimum Gasteiger partial charge on any atom is -0.444 e. The molecule has 0 saturated carbocycles. The lowest BCUT2D eigenvalue weighted by Gasteiger charge is -2.20. The zero-order chi connectivity index (χ0) is 13.8. The van der Waals surface area contributed by atoms with Crippen molar-refractivity contribution in [1.82, 2.24) is 0 Å². The van der Waals surface area contributed by atoms with E-state index in [1.54, 1.807) is 13.0 Å². The first-order valence-electron chi connectivity index (χ1n) is 6.04. The lowest BCUT2D eigenvalue weighted by Crippen LogP contribution is -2.27. The molecule has 4 nitrogen and oxygen atoms in total. The molecule has 0 bridgehead atoms. The van der Waals surface area contributed by atoms with Crippen molar-refractivity contribution >= 4 is 11.8 Å². The first-order chi connectivity index (χ1) is 8.28. The van der Waals surface area contributed by atoms with Crippen LogP contribution < -0.4 is 5.32 Å². The fourth-order valence-corrected chi connectivity index (χ4v) is 1.55. The predicted octanol–water partition coefficient (Wildman–Crippen LogP) is 2.96. The first kappa shape index (κ1) is 14.5. The number of hydrogen-bond donors (Lipinski definition) is 2. The van der Waals surface area contributed by atoms with E-state index in [9.17, 15) is 9.90 Å². The summed E-state index contributed by atoms with van der Waals surface area (Å²) < 4.78 is 5.19. The molecule has 0 unspecified atom stereocenters. The van der Waals surface area contributed by atoms with Crippen LogP contribution in [0.4, 0.5) is 10.5 Å². The van der Waals surface area contributed by atoms with Crippen LogP contribution in [0.1, 0.15) is 33.3 Å². The van der Waals surface area contributed by atoms with Crippen molar-refractivity contribution in [1.29, 1.82) is 0 Å². The quantitative estimate of drug-likeness (QED) is 0.868. The third kappa shape index (κ3) is 5.19. The smallest absolute Gasteiger partial charge is 0.412 e. The number of carbonyl (C=O) groups excluding carboxylic acids is 1. The Morgan fingerprint density at radius 1 is 1.39 bits per heavy atom. The van der Waals surface area contributed by atoms with Gasteiger partial charge in [-0.2, -0.15) is 0 Å². The van der Waals surface area contributed by atoms with Crippen molar-refractivity contribution in [2.45, 2.75) is 45.8 Å². The molecule has 0 spiro atoms. The second kappa shape index (κ2) is 5.87. The van der Waals surface area contributed by atoms with E-state index in [1.165, 1.54) is 0 Å². The number of ether oxygens (including phenoxy) is 1. The number of rotatable bonds is 3. The summed E-state index contributed by atoms with van der Waals surface area (Å²) in [7, 11) is 0. The molecule has 0 aliphatic heterocycles. The Hall–Kier alpha value is -1.55. The first-order valence-corrected chi connectivity index (χ1v) is 6.04. The lowest BCUT2D eigenvalue weighted by molar-refractivity contribution is 0.0635. The largest absolute Gasteiger partial charge is 0.444 e. The Bertz CT molecular complexity index is 408. The van der Waals surface area contributed by atoms with Gasteiger partial charge < -0.3 is 9.84 Å². The van der Waals surface area contributed by atoms with E-state index < -0.39 is 17.8 Å². The van der Waals surface area contributed by atoms with Gasteiger partial charge in [0.15, 0.2) is 0 Å². The van der Waals surface area contributed by atoms with E-state index in [0.717, 1.165) is 5.56 Å². The molecule has 18 heavy (non-hydrogen) atoms. The highest BCUT2D eigenvalue weighted by Crippen LogP contribution is 2.18. The van der Waals surface area contributed by atoms with E-state index in [-0.39, 0.29) is 0 Å². The molecule has 1 aromatic rings. The number of carbonyl (C=O) groups is 1. The monoisotopic (exact) mass is 251 g/mol. The van der Waals surface area contributed by atoms with E-state index in [4.69, 9.17) is 4.74 Å². The molecule has 0 fully saturated rings. The summed E-state index contributed by atoms with van der Waals surface area (Å²) in [5.41, 5.74) is 1.04. The van der Waals surface area contributed by atoms with Crippen molar-refractivity contribution in [3.63, 3.8) is 0 Å². The maximum absolute atomic E-state index is 11.7. The summed E-state index contributed by atoms with van der Waals surface area (Å²) in [5, 5.41) is 12.1. The third-order valence-corrected chi connectivity index (χ3v) is 2.17. The van der Waals surface area contributed by atoms with Gasteiger partial charge in [0.1, 0.15) is 5.60 Å². The number of aliphatic hydroxyl groups excluding tert-OH is 1. The van der Waals surface area contributed by atoms with Crippen molar-refractivity contribution in [2.75, 3.05) is 5.32 Å². The Balaban J connectivity index is 2.75. The second-order valence-electron chi connectivity index (χ2n) is 5.34. The predicted molar refractivity (Wildman–Crippen MR) is 71.7 cm³/mol. The molecule has 0 aliphatic carbocycles. The normalized spacial score (nSPS) is 12.9. The summed E-state index contributed by atoms with van der Waals surface area (Å²) in [5.74, 6) is 0. The van der Waals surface area contributed by atoms with Crippen LogP contribution in [0.5, 0.6) is 0 Å². The average Bonchev–Trinajstić information content (AvgIpc) is 2.17.